The van der Waals surface area contributed by atoms with Crippen LogP contribution in [0.15, 0.2) is 24.3 Å². The second-order valence-corrected chi connectivity index (χ2v) is 2.60. The van der Waals surface area contributed by atoms with Crippen LogP contribution >= 0.6 is 0 Å². The zero-order valence-electron chi connectivity index (χ0n) is 8.69. The Bertz CT molecular complexity index is 304. The third-order valence-electron chi connectivity index (χ3n) is 1.72. The number of aliphatic carboxylic acids is 1. The first-order valence-electron chi connectivity index (χ1n) is 3.59. The molecule has 0 saturated carbocycles. The summed E-state index contributed by atoms with van der Waals surface area (Å²) in [6, 6.07) is 6.87. The molecule has 2 N–H and O–H groups in total. The topological polar surface area (TPSA) is 57.5 Å². The fourth-order valence-electron chi connectivity index (χ4n) is 1.03. The van der Waals surface area contributed by atoms with Crippen molar-refractivity contribution in [1.29, 1.82) is 0 Å². The van der Waals surface area contributed by atoms with Crippen LogP contribution < -0.4 is 29.6 Å². The molecule has 1 rings (SSSR count). The van der Waals surface area contributed by atoms with Gasteiger partial charge in [-0.1, -0.05) is 24.3 Å². The molecule has 1 aromatic rings. The average Bonchev–Trinajstić information content (AvgIpc) is 2.04. The number of hydrogen-bond acceptors (Lipinski definition) is 2. The van der Waals surface area contributed by atoms with Crippen molar-refractivity contribution >= 4 is 5.97 Å². The molecule has 0 amide bonds. The fraction of sp³-hybridized carbons (Fsp3) is 0.222. The molecule has 13 heavy (non-hydrogen) atoms. The molecule has 0 heterocycles. The summed E-state index contributed by atoms with van der Waals surface area (Å²) >= 11 is 0. The monoisotopic (exact) mass is 190 g/mol. The molecular formula is C9H11NaO3. The van der Waals surface area contributed by atoms with Gasteiger partial charge in [0, 0.05) is 0 Å². The maximum absolute atomic E-state index is 10.4. The van der Waals surface area contributed by atoms with Gasteiger partial charge in [-0.2, -0.15) is 0 Å². The minimum absolute atomic E-state index is 0. The molecule has 0 bridgehead atoms. The minimum atomic E-state index is -1.41. The maximum atomic E-state index is 10.4. The van der Waals surface area contributed by atoms with E-state index < -0.39 is 12.1 Å². The van der Waals surface area contributed by atoms with Crippen molar-refractivity contribution in [3.8, 4) is 0 Å². The van der Waals surface area contributed by atoms with Crippen LogP contribution in [-0.4, -0.2) is 16.2 Å². The minimum Gasteiger partial charge on any atom is -1.00 e. The van der Waals surface area contributed by atoms with Crippen molar-refractivity contribution in [2.75, 3.05) is 0 Å². The molecule has 1 aromatic carbocycles. The van der Waals surface area contributed by atoms with Gasteiger partial charge in [-0.3, -0.25) is 0 Å². The van der Waals surface area contributed by atoms with E-state index in [4.69, 9.17) is 5.11 Å². The number of aryl methyl sites for hydroxylation is 1. The average molecular weight is 190 g/mol. The van der Waals surface area contributed by atoms with Crippen LogP contribution in [0.5, 0.6) is 0 Å². The molecule has 0 aliphatic heterocycles. The van der Waals surface area contributed by atoms with Crippen molar-refractivity contribution in [1.82, 2.24) is 0 Å². The van der Waals surface area contributed by atoms with Crippen LogP contribution in [0, 0.1) is 6.92 Å². The maximum Gasteiger partial charge on any atom is 1.00 e. The molecule has 0 aliphatic carbocycles. The smallest absolute Gasteiger partial charge is 1.00 e. The predicted octanol–water partition coefficient (Wildman–Crippen LogP) is -1.77. The SMILES string of the molecule is Cc1ccccc1C(O)C(=O)O.[H-].[Na+]. The molecule has 0 radical (unpaired) electrons. The van der Waals surface area contributed by atoms with E-state index in [2.05, 4.69) is 0 Å². The van der Waals surface area contributed by atoms with Crippen LogP contribution in [0.3, 0.4) is 0 Å². The fourth-order valence-corrected chi connectivity index (χ4v) is 1.03. The number of carboxylic acid groups (broad SMARTS) is 1. The van der Waals surface area contributed by atoms with Crippen LogP contribution in [0.2, 0.25) is 0 Å². The largest absolute Gasteiger partial charge is 1.00 e. The molecule has 1 unspecified atom stereocenters. The number of rotatable bonds is 2. The summed E-state index contributed by atoms with van der Waals surface area (Å²) < 4.78 is 0. The van der Waals surface area contributed by atoms with Crippen molar-refractivity contribution < 1.29 is 46.0 Å². The third kappa shape index (κ3) is 3.12. The Kier molecular flexibility index (Phi) is 5.25. The first-order valence-corrected chi connectivity index (χ1v) is 3.59. The summed E-state index contributed by atoms with van der Waals surface area (Å²) in [4.78, 5) is 10.4. The van der Waals surface area contributed by atoms with E-state index >= 15 is 0 Å². The third-order valence-corrected chi connectivity index (χ3v) is 1.72. The van der Waals surface area contributed by atoms with E-state index in [-0.39, 0.29) is 31.0 Å². The Hall–Kier alpha value is -0.350. The number of carbonyl (C=O) groups is 1. The molecular weight excluding hydrogens is 179 g/mol. The summed E-state index contributed by atoms with van der Waals surface area (Å²) in [6.45, 7) is 1.77. The Labute approximate surface area is 100 Å². The van der Waals surface area contributed by atoms with Crippen LogP contribution in [0.4, 0.5) is 0 Å². The van der Waals surface area contributed by atoms with Gasteiger partial charge in [0.2, 0.25) is 0 Å². The molecule has 66 valence electrons. The van der Waals surface area contributed by atoms with Gasteiger partial charge in [-0.15, -0.1) is 0 Å². The molecule has 0 fully saturated rings. The van der Waals surface area contributed by atoms with Gasteiger partial charge in [0.1, 0.15) is 0 Å². The summed E-state index contributed by atoms with van der Waals surface area (Å²) in [5.74, 6) is -1.22. The number of carboxylic acids is 1. The van der Waals surface area contributed by atoms with Gasteiger partial charge in [-0.05, 0) is 18.1 Å². The Morgan fingerprint density at radius 3 is 2.46 bits per heavy atom. The molecule has 0 aromatic heterocycles. The summed E-state index contributed by atoms with van der Waals surface area (Å²) in [7, 11) is 0. The van der Waals surface area contributed by atoms with E-state index in [0.717, 1.165) is 5.56 Å². The van der Waals surface area contributed by atoms with Gasteiger partial charge < -0.3 is 11.6 Å². The number of hydrogen-bond donors (Lipinski definition) is 2. The van der Waals surface area contributed by atoms with Crippen molar-refractivity contribution in [2.45, 2.75) is 13.0 Å². The molecule has 0 spiro atoms. The van der Waals surface area contributed by atoms with Crippen molar-refractivity contribution in [2.24, 2.45) is 0 Å². The molecule has 1 atom stereocenters. The number of benzene rings is 1. The zero-order valence-corrected chi connectivity index (χ0v) is 9.69. The van der Waals surface area contributed by atoms with Gasteiger partial charge in [0.05, 0.1) is 0 Å². The molecule has 3 nitrogen and oxygen atoms in total. The van der Waals surface area contributed by atoms with E-state index in [9.17, 15) is 9.90 Å². The summed E-state index contributed by atoms with van der Waals surface area (Å²) in [5, 5.41) is 17.7. The van der Waals surface area contributed by atoms with Crippen LogP contribution in [0.1, 0.15) is 18.7 Å². The first kappa shape index (κ1) is 12.7. The standard InChI is InChI=1S/C9H10O3.Na.H/c1-6-4-2-3-5-7(6)8(10)9(11)12;;/h2-5,8,10H,1H3,(H,11,12);;/q;+1;-1. The molecule has 4 heteroatoms. The summed E-state index contributed by atoms with van der Waals surface area (Å²) in [6.07, 6.45) is -1.41. The summed E-state index contributed by atoms with van der Waals surface area (Å²) in [5.41, 5.74) is 1.23. The molecule has 0 aliphatic rings. The van der Waals surface area contributed by atoms with Crippen molar-refractivity contribution in [3.05, 3.63) is 35.4 Å². The van der Waals surface area contributed by atoms with E-state index in [1.54, 1.807) is 31.2 Å². The van der Waals surface area contributed by atoms with Gasteiger partial charge in [0.25, 0.3) is 0 Å². The Morgan fingerprint density at radius 1 is 1.46 bits per heavy atom. The predicted molar refractivity (Wildman–Crippen MR) is 44.9 cm³/mol. The normalized spacial score (nSPS) is 11.5. The Morgan fingerprint density at radius 2 is 2.00 bits per heavy atom. The van der Waals surface area contributed by atoms with Crippen molar-refractivity contribution in [3.63, 3.8) is 0 Å². The van der Waals surface area contributed by atoms with E-state index in [1.807, 2.05) is 0 Å². The number of aliphatic hydroxyl groups excluding tert-OH is 1. The van der Waals surface area contributed by atoms with Crippen LogP contribution in [0.25, 0.3) is 0 Å². The van der Waals surface area contributed by atoms with Gasteiger partial charge in [-0.25, -0.2) is 4.79 Å². The Balaban J connectivity index is 0. The molecule has 0 saturated heterocycles. The number of aliphatic hydroxyl groups is 1. The first-order chi connectivity index (χ1) is 5.63. The van der Waals surface area contributed by atoms with Gasteiger partial charge in [0.15, 0.2) is 6.10 Å². The second-order valence-electron chi connectivity index (χ2n) is 2.60. The van der Waals surface area contributed by atoms with Crippen LogP contribution in [-0.2, 0) is 4.79 Å². The second kappa shape index (κ2) is 5.40. The quantitative estimate of drug-likeness (QED) is 0.543. The van der Waals surface area contributed by atoms with E-state index in [1.165, 1.54) is 0 Å². The van der Waals surface area contributed by atoms with Gasteiger partial charge >= 0.3 is 35.5 Å². The zero-order chi connectivity index (χ0) is 9.14. The van der Waals surface area contributed by atoms with E-state index in [0.29, 0.717) is 5.56 Å².